The van der Waals surface area contributed by atoms with Crippen LogP contribution in [-0.2, 0) is 10.0 Å². The van der Waals surface area contributed by atoms with Crippen LogP contribution in [0.4, 0.5) is 5.69 Å². The SMILES string of the molecule is COc1ccc(S(=O)(=O)N2CCN(C(=O)c3cnc4ccccn4c3=O)CC2)cc1[N+](=O)[O-]. The van der Waals surface area contributed by atoms with Crippen LogP contribution >= 0.6 is 0 Å². The van der Waals surface area contributed by atoms with Crippen LogP contribution in [0.15, 0.2) is 58.5 Å². The van der Waals surface area contributed by atoms with E-state index in [-0.39, 0.29) is 42.4 Å². The molecule has 1 aliphatic heterocycles. The highest BCUT2D eigenvalue weighted by atomic mass is 32.2. The molecule has 0 unspecified atom stereocenters. The zero-order valence-corrected chi connectivity index (χ0v) is 18.3. The molecular weight excluding hydrogens is 454 g/mol. The van der Waals surface area contributed by atoms with E-state index in [2.05, 4.69) is 4.98 Å². The lowest BCUT2D eigenvalue weighted by atomic mass is 10.2. The molecule has 12 nitrogen and oxygen atoms in total. The Hall–Kier alpha value is -3.84. The molecule has 0 aliphatic carbocycles. The number of amides is 1. The lowest BCUT2D eigenvalue weighted by Crippen LogP contribution is -2.51. The molecule has 0 bridgehead atoms. The molecule has 0 radical (unpaired) electrons. The first-order chi connectivity index (χ1) is 15.7. The van der Waals surface area contributed by atoms with E-state index in [9.17, 15) is 28.1 Å². The summed E-state index contributed by atoms with van der Waals surface area (Å²) < 4.78 is 33.3. The van der Waals surface area contributed by atoms with Gasteiger partial charge in [-0.05, 0) is 24.3 Å². The number of benzene rings is 1. The topological polar surface area (TPSA) is 144 Å². The summed E-state index contributed by atoms with van der Waals surface area (Å²) in [5.41, 5.74) is -0.674. The van der Waals surface area contributed by atoms with Crippen LogP contribution in [0.3, 0.4) is 0 Å². The Morgan fingerprint density at radius 3 is 2.55 bits per heavy atom. The van der Waals surface area contributed by atoms with E-state index in [4.69, 9.17) is 4.74 Å². The Bertz CT molecular complexity index is 1410. The maximum absolute atomic E-state index is 13.0. The number of piperazine rings is 1. The number of nitro benzene ring substituents is 1. The van der Waals surface area contributed by atoms with Gasteiger partial charge in [0.05, 0.1) is 16.9 Å². The van der Waals surface area contributed by atoms with Gasteiger partial charge < -0.3 is 9.64 Å². The molecule has 33 heavy (non-hydrogen) atoms. The smallest absolute Gasteiger partial charge is 0.312 e. The third-order valence-corrected chi connectivity index (χ3v) is 7.25. The molecule has 4 rings (SSSR count). The van der Waals surface area contributed by atoms with Crippen molar-refractivity contribution < 1.29 is 22.9 Å². The normalized spacial score (nSPS) is 14.9. The van der Waals surface area contributed by atoms with E-state index in [0.717, 1.165) is 10.4 Å². The molecule has 1 fully saturated rings. The summed E-state index contributed by atoms with van der Waals surface area (Å²) in [7, 11) is -2.78. The number of hydrogen-bond donors (Lipinski definition) is 0. The predicted molar refractivity (Wildman–Crippen MR) is 116 cm³/mol. The van der Waals surface area contributed by atoms with Gasteiger partial charge in [0.2, 0.25) is 10.0 Å². The second-order valence-corrected chi connectivity index (χ2v) is 9.13. The summed E-state index contributed by atoms with van der Waals surface area (Å²) >= 11 is 0. The van der Waals surface area contributed by atoms with Gasteiger partial charge >= 0.3 is 5.69 Å². The molecule has 172 valence electrons. The molecule has 0 saturated carbocycles. The molecule has 3 heterocycles. The molecule has 13 heteroatoms. The number of ether oxygens (including phenoxy) is 1. The van der Waals surface area contributed by atoms with Crippen LogP contribution in [0.25, 0.3) is 5.65 Å². The van der Waals surface area contributed by atoms with Crippen molar-refractivity contribution in [3.63, 3.8) is 0 Å². The van der Waals surface area contributed by atoms with Crippen LogP contribution in [0, 0.1) is 10.1 Å². The second kappa shape index (κ2) is 8.60. The van der Waals surface area contributed by atoms with E-state index in [0.29, 0.717) is 5.65 Å². The summed E-state index contributed by atoms with van der Waals surface area (Å²) in [6, 6.07) is 8.43. The number of carbonyl (C=O) groups excluding carboxylic acids is 1. The van der Waals surface area contributed by atoms with Gasteiger partial charge in [-0.25, -0.2) is 13.4 Å². The first kappa shape index (κ1) is 22.4. The van der Waals surface area contributed by atoms with E-state index in [1.165, 1.54) is 40.9 Å². The monoisotopic (exact) mass is 473 g/mol. The minimum Gasteiger partial charge on any atom is -0.490 e. The Morgan fingerprint density at radius 1 is 1.15 bits per heavy atom. The van der Waals surface area contributed by atoms with Crippen molar-refractivity contribution in [2.75, 3.05) is 33.3 Å². The number of sulfonamides is 1. The van der Waals surface area contributed by atoms with Crippen molar-refractivity contribution in [3.8, 4) is 5.75 Å². The van der Waals surface area contributed by atoms with Crippen LogP contribution in [-0.4, -0.2) is 71.1 Å². The molecule has 1 saturated heterocycles. The van der Waals surface area contributed by atoms with E-state index in [1.807, 2.05) is 0 Å². The van der Waals surface area contributed by atoms with Gasteiger partial charge in [-0.1, -0.05) is 6.07 Å². The van der Waals surface area contributed by atoms with Gasteiger partial charge in [0.15, 0.2) is 5.75 Å². The fourth-order valence-electron chi connectivity index (χ4n) is 3.60. The lowest BCUT2D eigenvalue weighted by Gasteiger charge is -2.33. The summed E-state index contributed by atoms with van der Waals surface area (Å²) in [6.07, 6.45) is 2.74. The first-order valence-corrected chi connectivity index (χ1v) is 11.3. The maximum atomic E-state index is 13.0. The van der Waals surface area contributed by atoms with Crippen LogP contribution in [0.2, 0.25) is 0 Å². The van der Waals surface area contributed by atoms with Crippen LogP contribution in [0.1, 0.15) is 10.4 Å². The second-order valence-electron chi connectivity index (χ2n) is 7.19. The van der Waals surface area contributed by atoms with Gasteiger partial charge in [0, 0.05) is 44.6 Å². The molecule has 0 atom stereocenters. The number of carbonyl (C=O) groups is 1. The molecule has 0 N–H and O–H groups in total. The van der Waals surface area contributed by atoms with Crippen molar-refractivity contribution >= 4 is 27.3 Å². The Morgan fingerprint density at radius 2 is 1.88 bits per heavy atom. The van der Waals surface area contributed by atoms with Gasteiger partial charge in [-0.3, -0.25) is 24.1 Å². The minimum atomic E-state index is -4.04. The Balaban J connectivity index is 1.52. The average Bonchev–Trinajstić information content (AvgIpc) is 2.83. The molecule has 2 aromatic heterocycles. The Kier molecular flexibility index (Phi) is 5.82. The van der Waals surface area contributed by atoms with E-state index in [1.54, 1.807) is 18.2 Å². The summed E-state index contributed by atoms with van der Waals surface area (Å²) in [4.78, 5) is 41.4. The van der Waals surface area contributed by atoms with Gasteiger partial charge in [-0.2, -0.15) is 4.31 Å². The number of aromatic nitrogens is 2. The summed E-state index contributed by atoms with van der Waals surface area (Å²) in [6.45, 7) is 0.0347. The Labute approximate surface area is 187 Å². The highest BCUT2D eigenvalue weighted by Crippen LogP contribution is 2.30. The van der Waals surface area contributed by atoms with Crippen LogP contribution in [0.5, 0.6) is 5.75 Å². The third-order valence-electron chi connectivity index (χ3n) is 5.35. The average molecular weight is 473 g/mol. The van der Waals surface area contributed by atoms with Crippen molar-refractivity contribution in [3.05, 3.63) is 74.8 Å². The zero-order valence-electron chi connectivity index (χ0n) is 17.4. The minimum absolute atomic E-state index is 0.0315. The number of fused-ring (bicyclic) bond motifs is 1. The van der Waals surface area contributed by atoms with Crippen molar-refractivity contribution in [1.29, 1.82) is 0 Å². The molecule has 3 aromatic rings. The number of rotatable bonds is 5. The third kappa shape index (κ3) is 4.03. The largest absolute Gasteiger partial charge is 0.490 e. The van der Waals surface area contributed by atoms with Gasteiger partial charge in [0.1, 0.15) is 11.2 Å². The quantitative estimate of drug-likeness (QED) is 0.390. The van der Waals surface area contributed by atoms with E-state index < -0.39 is 32.1 Å². The number of methoxy groups -OCH3 is 1. The first-order valence-electron chi connectivity index (χ1n) is 9.82. The molecule has 0 spiro atoms. The fourth-order valence-corrected chi connectivity index (χ4v) is 5.04. The standard InChI is InChI=1S/C20H19N5O7S/c1-32-17-6-5-14(12-16(17)25(28)29)33(30,31)23-10-8-22(9-11-23)19(26)15-13-21-18-4-2-3-7-24(18)20(15)27/h2-7,12-13H,8-11H2,1H3. The number of nitrogens with zero attached hydrogens (tertiary/aromatic N) is 5. The number of hydrogen-bond acceptors (Lipinski definition) is 8. The molecule has 1 aliphatic rings. The summed E-state index contributed by atoms with van der Waals surface area (Å²) in [5, 5.41) is 11.2. The van der Waals surface area contributed by atoms with Gasteiger partial charge in [0.25, 0.3) is 11.5 Å². The highest BCUT2D eigenvalue weighted by Gasteiger charge is 2.32. The fraction of sp³-hybridized carbons (Fsp3) is 0.250. The van der Waals surface area contributed by atoms with Crippen molar-refractivity contribution in [2.45, 2.75) is 4.90 Å². The molecule has 1 aromatic carbocycles. The van der Waals surface area contributed by atoms with Crippen molar-refractivity contribution in [1.82, 2.24) is 18.6 Å². The van der Waals surface area contributed by atoms with Crippen LogP contribution < -0.4 is 10.3 Å². The van der Waals surface area contributed by atoms with Crippen molar-refractivity contribution in [2.24, 2.45) is 0 Å². The summed E-state index contributed by atoms with van der Waals surface area (Å²) in [5.74, 6) is -0.590. The highest BCUT2D eigenvalue weighted by molar-refractivity contribution is 7.89. The number of nitro groups is 1. The van der Waals surface area contributed by atoms with E-state index >= 15 is 0 Å². The predicted octanol–water partition coefficient (Wildman–Crippen LogP) is 0.758. The maximum Gasteiger partial charge on any atom is 0.312 e. The molecule has 1 amide bonds. The number of pyridine rings is 1. The zero-order chi connectivity index (χ0) is 23.8. The van der Waals surface area contributed by atoms with Gasteiger partial charge in [-0.15, -0.1) is 0 Å². The molecular formula is C20H19N5O7S. The lowest BCUT2D eigenvalue weighted by molar-refractivity contribution is -0.386.